The molecular formula is C28H27ClN4O5S. The number of nitro benzene ring substituents is 1. The summed E-state index contributed by atoms with van der Waals surface area (Å²) in [5, 5.41) is 12.0. The van der Waals surface area contributed by atoms with Crippen molar-refractivity contribution in [3.05, 3.63) is 85.5 Å². The molecule has 2 amide bonds. The van der Waals surface area contributed by atoms with Crippen LogP contribution >= 0.6 is 23.4 Å². The maximum absolute atomic E-state index is 13.0. The van der Waals surface area contributed by atoms with Gasteiger partial charge in [0, 0.05) is 30.5 Å². The van der Waals surface area contributed by atoms with Crippen LogP contribution in [0.1, 0.15) is 29.8 Å². The Balaban J connectivity index is 1.36. The number of nitro groups is 1. The zero-order valence-electron chi connectivity index (χ0n) is 21.6. The molecule has 0 radical (unpaired) electrons. The molecule has 2 fully saturated rings. The van der Waals surface area contributed by atoms with Crippen LogP contribution in [0.4, 0.5) is 16.2 Å². The number of imide groups is 1. The van der Waals surface area contributed by atoms with Gasteiger partial charge in [0.2, 0.25) is 0 Å². The number of hydrogen-bond acceptors (Lipinski definition) is 7. The second kappa shape index (κ2) is 11.2. The van der Waals surface area contributed by atoms with E-state index in [2.05, 4.69) is 4.90 Å². The Morgan fingerprint density at radius 3 is 2.56 bits per heavy atom. The van der Waals surface area contributed by atoms with Crippen LogP contribution in [-0.2, 0) is 4.79 Å². The molecule has 1 aromatic heterocycles. The van der Waals surface area contributed by atoms with E-state index in [1.807, 2.05) is 36.6 Å². The summed E-state index contributed by atoms with van der Waals surface area (Å²) in [5.74, 6) is 0.103. The van der Waals surface area contributed by atoms with Crippen LogP contribution in [0.3, 0.4) is 0 Å². The van der Waals surface area contributed by atoms with E-state index in [0.717, 1.165) is 59.5 Å². The van der Waals surface area contributed by atoms with Gasteiger partial charge in [0.25, 0.3) is 16.8 Å². The Bertz CT molecular complexity index is 1500. The number of thioether (sulfide) groups is 1. The lowest BCUT2D eigenvalue weighted by Gasteiger charge is -2.19. The molecule has 5 rings (SSSR count). The van der Waals surface area contributed by atoms with Crippen molar-refractivity contribution in [3.8, 4) is 11.4 Å². The molecule has 2 aromatic carbocycles. The fourth-order valence-electron chi connectivity index (χ4n) is 5.00. The molecule has 0 spiro atoms. The van der Waals surface area contributed by atoms with Crippen molar-refractivity contribution in [2.24, 2.45) is 0 Å². The van der Waals surface area contributed by atoms with E-state index in [4.69, 9.17) is 16.3 Å². The highest BCUT2D eigenvalue weighted by Gasteiger charge is 2.35. The van der Waals surface area contributed by atoms with Gasteiger partial charge < -0.3 is 14.2 Å². The fourth-order valence-corrected chi connectivity index (χ4v) is 6.04. The Labute approximate surface area is 235 Å². The first-order valence-electron chi connectivity index (χ1n) is 12.6. The summed E-state index contributed by atoms with van der Waals surface area (Å²) in [6, 6.07) is 14.2. The first kappa shape index (κ1) is 26.8. The summed E-state index contributed by atoms with van der Waals surface area (Å²) in [7, 11) is 0. The number of rotatable bonds is 8. The van der Waals surface area contributed by atoms with Gasteiger partial charge in [-0.1, -0.05) is 23.7 Å². The average molecular weight is 567 g/mol. The number of aryl methyl sites for hydroxylation is 1. The van der Waals surface area contributed by atoms with Gasteiger partial charge in [-0.05, 0) is 80.4 Å². The predicted octanol–water partition coefficient (Wildman–Crippen LogP) is 6.37. The highest BCUT2D eigenvalue weighted by Crippen LogP contribution is 2.36. The number of hydrogen-bond donors (Lipinski definition) is 0. The number of benzene rings is 2. The van der Waals surface area contributed by atoms with Crippen molar-refractivity contribution in [2.45, 2.75) is 26.7 Å². The highest BCUT2D eigenvalue weighted by atomic mass is 35.5. The highest BCUT2D eigenvalue weighted by molar-refractivity contribution is 8.18. The third-order valence-electron chi connectivity index (χ3n) is 6.90. The number of para-hydroxylation sites is 1. The van der Waals surface area contributed by atoms with Crippen LogP contribution < -0.4 is 9.64 Å². The van der Waals surface area contributed by atoms with Crippen LogP contribution in [-0.4, -0.2) is 51.8 Å². The van der Waals surface area contributed by atoms with Crippen LogP contribution in [0, 0.1) is 24.0 Å². The van der Waals surface area contributed by atoms with Gasteiger partial charge in [-0.25, -0.2) is 0 Å². The van der Waals surface area contributed by atoms with Gasteiger partial charge in [0.15, 0.2) is 0 Å². The first-order valence-corrected chi connectivity index (χ1v) is 13.8. The molecule has 3 aromatic rings. The molecule has 0 aliphatic carbocycles. The van der Waals surface area contributed by atoms with E-state index in [1.54, 1.807) is 36.4 Å². The minimum atomic E-state index is -0.386. The fraction of sp³-hybridized carbons (Fsp3) is 0.286. The Kier molecular flexibility index (Phi) is 7.67. The minimum Gasteiger partial charge on any atom is -0.490 e. The van der Waals surface area contributed by atoms with Crippen molar-refractivity contribution in [2.75, 3.05) is 31.1 Å². The minimum absolute atomic E-state index is 0.0728. The summed E-state index contributed by atoms with van der Waals surface area (Å²) < 4.78 is 7.57. The number of anilines is 1. The summed E-state index contributed by atoms with van der Waals surface area (Å²) in [5.41, 5.74) is 3.80. The SMILES string of the molecule is Cc1cc(/C=C2\SC(=O)N(CCOc3ccccc3Cl)C2=O)c(C)n1-c1ccc(N2CCCC2)c([N+](=O)[O-])c1. The molecule has 2 aliphatic heterocycles. The maximum atomic E-state index is 13.0. The van der Waals surface area contributed by atoms with Crippen LogP contribution in [0.5, 0.6) is 5.75 Å². The summed E-state index contributed by atoms with van der Waals surface area (Å²) >= 11 is 6.98. The number of aromatic nitrogens is 1. The molecule has 2 aliphatic rings. The number of halogens is 1. The number of carbonyl (C=O) groups excluding carboxylic acids is 2. The Morgan fingerprint density at radius 1 is 1.10 bits per heavy atom. The lowest BCUT2D eigenvalue weighted by molar-refractivity contribution is -0.384. The molecule has 11 heteroatoms. The number of ether oxygens (including phenoxy) is 1. The molecule has 202 valence electrons. The van der Waals surface area contributed by atoms with Crippen molar-refractivity contribution >= 4 is 52.0 Å². The smallest absolute Gasteiger partial charge is 0.294 e. The third-order valence-corrected chi connectivity index (χ3v) is 8.12. The van der Waals surface area contributed by atoms with Gasteiger partial charge in [0.05, 0.1) is 27.1 Å². The van der Waals surface area contributed by atoms with Crippen LogP contribution in [0.2, 0.25) is 5.02 Å². The van der Waals surface area contributed by atoms with E-state index in [9.17, 15) is 19.7 Å². The molecule has 0 bridgehead atoms. The summed E-state index contributed by atoms with van der Waals surface area (Å²) in [6.45, 7) is 5.64. The normalized spacial score (nSPS) is 16.5. The van der Waals surface area contributed by atoms with Gasteiger partial charge in [-0.2, -0.15) is 0 Å². The van der Waals surface area contributed by atoms with Crippen molar-refractivity contribution in [1.82, 2.24) is 9.47 Å². The number of carbonyl (C=O) groups is 2. The van der Waals surface area contributed by atoms with Crippen molar-refractivity contribution in [1.29, 1.82) is 0 Å². The second-order valence-electron chi connectivity index (χ2n) is 9.40. The third kappa shape index (κ3) is 5.39. The summed E-state index contributed by atoms with van der Waals surface area (Å²) in [6.07, 6.45) is 3.75. The maximum Gasteiger partial charge on any atom is 0.294 e. The van der Waals surface area contributed by atoms with Crippen LogP contribution in [0.15, 0.2) is 53.4 Å². The van der Waals surface area contributed by atoms with Crippen molar-refractivity contribution < 1.29 is 19.2 Å². The Morgan fingerprint density at radius 2 is 1.85 bits per heavy atom. The van der Waals surface area contributed by atoms with Crippen molar-refractivity contribution in [3.63, 3.8) is 0 Å². The molecule has 3 heterocycles. The average Bonchev–Trinajstić information content (AvgIpc) is 3.60. The zero-order chi connectivity index (χ0) is 27.7. The van der Waals surface area contributed by atoms with Gasteiger partial charge in [-0.15, -0.1) is 0 Å². The van der Waals surface area contributed by atoms with E-state index in [0.29, 0.717) is 27.1 Å². The quantitative estimate of drug-likeness (QED) is 0.177. The molecule has 9 nitrogen and oxygen atoms in total. The van der Waals surface area contributed by atoms with E-state index >= 15 is 0 Å². The zero-order valence-corrected chi connectivity index (χ0v) is 23.1. The number of amides is 2. The van der Waals surface area contributed by atoms with E-state index < -0.39 is 0 Å². The van der Waals surface area contributed by atoms with Crippen LogP contribution in [0.25, 0.3) is 11.8 Å². The van der Waals surface area contributed by atoms with Gasteiger partial charge in [-0.3, -0.25) is 24.6 Å². The van der Waals surface area contributed by atoms with Gasteiger partial charge in [0.1, 0.15) is 18.0 Å². The Hall–Kier alpha value is -3.76. The molecular weight excluding hydrogens is 540 g/mol. The standard InChI is InChI=1S/C28H27ClN4O5S/c1-18-15-20(16-26-27(34)31(28(35)39-26)13-14-38-25-8-4-3-7-22(25)29)19(2)32(18)21-9-10-23(24(17-21)33(36)37)30-11-5-6-12-30/h3-4,7-10,15-17H,5-6,11-14H2,1-2H3/b26-16-. The largest absolute Gasteiger partial charge is 0.490 e. The lowest BCUT2D eigenvalue weighted by Crippen LogP contribution is -2.32. The first-order chi connectivity index (χ1) is 18.7. The molecule has 0 N–H and O–H groups in total. The van der Waals surface area contributed by atoms with E-state index in [-0.39, 0.29) is 34.9 Å². The second-order valence-corrected chi connectivity index (χ2v) is 10.8. The number of nitrogens with zero attached hydrogens (tertiary/aromatic N) is 4. The van der Waals surface area contributed by atoms with Gasteiger partial charge >= 0.3 is 0 Å². The molecule has 39 heavy (non-hydrogen) atoms. The predicted molar refractivity (Wildman–Crippen MR) is 153 cm³/mol. The lowest BCUT2D eigenvalue weighted by atomic mass is 10.2. The topological polar surface area (TPSA) is 97.9 Å². The monoisotopic (exact) mass is 566 g/mol. The molecule has 0 unspecified atom stereocenters. The molecule has 0 saturated carbocycles. The van der Waals surface area contributed by atoms with E-state index in [1.165, 1.54) is 0 Å². The molecule has 2 saturated heterocycles. The molecule has 0 atom stereocenters. The summed E-state index contributed by atoms with van der Waals surface area (Å²) in [4.78, 5) is 40.7.